The lowest BCUT2D eigenvalue weighted by molar-refractivity contribution is -0.117. The highest BCUT2D eigenvalue weighted by Gasteiger charge is 2.24. The molecule has 1 fully saturated rings. The minimum Gasteiger partial charge on any atom is -0.497 e. The van der Waals surface area contributed by atoms with Gasteiger partial charge in [0, 0.05) is 29.0 Å². The molecule has 7 nitrogen and oxygen atoms in total. The van der Waals surface area contributed by atoms with Crippen LogP contribution in [0.25, 0.3) is 10.9 Å². The van der Waals surface area contributed by atoms with E-state index in [-0.39, 0.29) is 10.8 Å². The molecule has 1 saturated heterocycles. The standard InChI is InChI=1S/C23H27N3O4S/c1-30-18-5-8-22-20(13-18)21(14-24-22)16-9-11-26(12-10-16)15-23(27)25-17-3-6-19(7-4-17)31(2,28)29/h3-8,13-14,16,24H,9-12,15H2,1-2H3,(H,25,27). The van der Waals surface area contributed by atoms with Crippen molar-refractivity contribution in [2.45, 2.75) is 23.7 Å². The maximum atomic E-state index is 12.4. The number of hydrogen-bond donors (Lipinski definition) is 2. The quantitative estimate of drug-likeness (QED) is 0.612. The number of carbonyl (C=O) groups excluding carboxylic acids is 1. The monoisotopic (exact) mass is 441 g/mol. The van der Waals surface area contributed by atoms with E-state index < -0.39 is 9.84 Å². The van der Waals surface area contributed by atoms with Gasteiger partial charge in [-0.25, -0.2) is 8.42 Å². The zero-order chi connectivity index (χ0) is 22.0. The van der Waals surface area contributed by atoms with Gasteiger partial charge >= 0.3 is 0 Å². The first-order valence-corrected chi connectivity index (χ1v) is 12.2. The number of rotatable bonds is 6. The van der Waals surface area contributed by atoms with Crippen molar-refractivity contribution >= 4 is 32.3 Å². The molecule has 8 heteroatoms. The number of carbonyl (C=O) groups is 1. The van der Waals surface area contributed by atoms with Crippen molar-refractivity contribution in [2.75, 3.05) is 38.3 Å². The second-order valence-corrected chi connectivity index (χ2v) is 10.1. The number of hydrogen-bond acceptors (Lipinski definition) is 5. The third kappa shape index (κ3) is 4.91. The topological polar surface area (TPSA) is 91.5 Å². The van der Waals surface area contributed by atoms with Gasteiger partial charge in [-0.3, -0.25) is 9.69 Å². The van der Waals surface area contributed by atoms with Gasteiger partial charge in [0.1, 0.15) is 5.75 Å². The number of anilines is 1. The molecule has 2 heterocycles. The summed E-state index contributed by atoms with van der Waals surface area (Å²) in [5, 5.41) is 4.05. The number of ether oxygens (including phenoxy) is 1. The Morgan fingerprint density at radius 1 is 1.16 bits per heavy atom. The van der Waals surface area contributed by atoms with Crippen LogP contribution in [-0.2, 0) is 14.6 Å². The van der Waals surface area contributed by atoms with Crippen LogP contribution in [0, 0.1) is 0 Å². The molecule has 0 bridgehead atoms. The van der Waals surface area contributed by atoms with Crippen molar-refractivity contribution < 1.29 is 17.9 Å². The number of nitrogens with zero attached hydrogens (tertiary/aromatic N) is 1. The number of piperidine rings is 1. The summed E-state index contributed by atoms with van der Waals surface area (Å²) in [5.41, 5.74) is 3.02. The molecule has 0 radical (unpaired) electrons. The van der Waals surface area contributed by atoms with E-state index in [4.69, 9.17) is 4.74 Å². The minimum atomic E-state index is -3.24. The Kier molecular flexibility index (Phi) is 6.02. The average molecular weight is 442 g/mol. The largest absolute Gasteiger partial charge is 0.497 e. The third-order valence-electron chi connectivity index (χ3n) is 5.88. The van der Waals surface area contributed by atoms with Gasteiger partial charge in [-0.05, 0) is 79.9 Å². The van der Waals surface area contributed by atoms with Crippen LogP contribution < -0.4 is 10.1 Å². The van der Waals surface area contributed by atoms with Gasteiger partial charge < -0.3 is 15.0 Å². The van der Waals surface area contributed by atoms with Gasteiger partial charge in [-0.15, -0.1) is 0 Å². The van der Waals surface area contributed by atoms with E-state index in [0.29, 0.717) is 18.2 Å². The molecule has 0 spiro atoms. The first-order valence-electron chi connectivity index (χ1n) is 10.3. The first kappa shape index (κ1) is 21.4. The van der Waals surface area contributed by atoms with Gasteiger partial charge in [-0.1, -0.05) is 0 Å². The molecular formula is C23H27N3O4S. The molecule has 2 N–H and O–H groups in total. The molecule has 1 aliphatic rings. The summed E-state index contributed by atoms with van der Waals surface area (Å²) in [6.07, 6.45) is 5.23. The fourth-order valence-corrected chi connectivity index (χ4v) is 4.81. The van der Waals surface area contributed by atoms with Gasteiger partial charge in [0.15, 0.2) is 9.84 Å². The summed E-state index contributed by atoms with van der Waals surface area (Å²) in [7, 11) is -1.57. The van der Waals surface area contributed by atoms with Crippen LogP contribution in [0.3, 0.4) is 0 Å². The van der Waals surface area contributed by atoms with E-state index in [9.17, 15) is 13.2 Å². The number of aromatic nitrogens is 1. The molecule has 0 saturated carbocycles. The lowest BCUT2D eigenvalue weighted by atomic mass is 9.89. The fraction of sp³-hybridized carbons (Fsp3) is 0.348. The van der Waals surface area contributed by atoms with Gasteiger partial charge in [-0.2, -0.15) is 0 Å². The van der Waals surface area contributed by atoms with Crippen LogP contribution in [0.2, 0.25) is 0 Å². The van der Waals surface area contributed by atoms with Crippen LogP contribution >= 0.6 is 0 Å². The number of likely N-dealkylation sites (tertiary alicyclic amines) is 1. The number of sulfone groups is 1. The smallest absolute Gasteiger partial charge is 0.238 e. The SMILES string of the molecule is COc1ccc2[nH]cc(C3CCN(CC(=O)Nc4ccc(S(C)(=O)=O)cc4)CC3)c2c1. The summed E-state index contributed by atoms with van der Waals surface area (Å²) in [5.74, 6) is 1.21. The Hall–Kier alpha value is -2.84. The molecule has 2 aromatic carbocycles. The summed E-state index contributed by atoms with van der Waals surface area (Å²) in [6, 6.07) is 12.3. The molecule has 164 valence electrons. The number of fused-ring (bicyclic) bond motifs is 1. The number of nitrogens with one attached hydrogen (secondary N) is 2. The Balaban J connectivity index is 1.32. The van der Waals surface area contributed by atoms with Crippen molar-refractivity contribution in [1.29, 1.82) is 0 Å². The Bertz CT molecular complexity index is 1180. The lowest BCUT2D eigenvalue weighted by Gasteiger charge is -2.31. The maximum Gasteiger partial charge on any atom is 0.238 e. The predicted molar refractivity (Wildman–Crippen MR) is 121 cm³/mol. The summed E-state index contributed by atoms with van der Waals surface area (Å²) in [4.78, 5) is 18.2. The number of H-pyrrole nitrogens is 1. The fourth-order valence-electron chi connectivity index (χ4n) is 4.18. The van der Waals surface area contributed by atoms with E-state index in [0.717, 1.165) is 43.5 Å². The molecule has 1 amide bonds. The number of aromatic amines is 1. The van der Waals surface area contributed by atoms with E-state index in [1.165, 1.54) is 23.1 Å². The molecule has 3 aromatic rings. The number of benzene rings is 2. The van der Waals surface area contributed by atoms with E-state index in [1.807, 2.05) is 12.1 Å². The molecule has 1 aromatic heterocycles. The molecule has 0 unspecified atom stereocenters. The highest BCUT2D eigenvalue weighted by atomic mass is 32.2. The van der Waals surface area contributed by atoms with Gasteiger partial charge in [0.25, 0.3) is 0 Å². The lowest BCUT2D eigenvalue weighted by Crippen LogP contribution is -2.38. The highest BCUT2D eigenvalue weighted by Crippen LogP contribution is 2.34. The van der Waals surface area contributed by atoms with Crippen LogP contribution in [0.15, 0.2) is 53.6 Å². The predicted octanol–water partition coefficient (Wildman–Crippen LogP) is 3.40. The highest BCUT2D eigenvalue weighted by molar-refractivity contribution is 7.90. The van der Waals surface area contributed by atoms with Crippen LogP contribution in [0.5, 0.6) is 5.75 Å². The van der Waals surface area contributed by atoms with Crippen molar-refractivity contribution in [2.24, 2.45) is 0 Å². The second-order valence-electron chi connectivity index (χ2n) is 8.05. The second kappa shape index (κ2) is 8.72. The molecule has 1 aliphatic heterocycles. The first-order chi connectivity index (χ1) is 14.8. The average Bonchev–Trinajstić information content (AvgIpc) is 3.17. The minimum absolute atomic E-state index is 0.0950. The number of methoxy groups -OCH3 is 1. The van der Waals surface area contributed by atoms with Crippen LogP contribution in [0.4, 0.5) is 5.69 Å². The molecular weight excluding hydrogens is 414 g/mol. The molecule has 31 heavy (non-hydrogen) atoms. The van der Waals surface area contributed by atoms with Crippen molar-refractivity contribution in [3.63, 3.8) is 0 Å². The summed E-state index contributed by atoms with van der Waals surface area (Å²) in [6.45, 7) is 2.02. The summed E-state index contributed by atoms with van der Waals surface area (Å²) < 4.78 is 28.5. The Morgan fingerprint density at radius 3 is 2.52 bits per heavy atom. The Morgan fingerprint density at radius 2 is 1.87 bits per heavy atom. The van der Waals surface area contributed by atoms with Crippen molar-refractivity contribution in [3.8, 4) is 5.75 Å². The van der Waals surface area contributed by atoms with E-state index >= 15 is 0 Å². The normalized spacial score (nSPS) is 15.8. The van der Waals surface area contributed by atoms with Gasteiger partial charge in [0.05, 0.1) is 18.6 Å². The summed E-state index contributed by atoms with van der Waals surface area (Å²) >= 11 is 0. The Labute approximate surface area is 182 Å². The third-order valence-corrected chi connectivity index (χ3v) is 7.01. The van der Waals surface area contributed by atoms with E-state index in [1.54, 1.807) is 19.2 Å². The van der Waals surface area contributed by atoms with E-state index in [2.05, 4.69) is 27.5 Å². The van der Waals surface area contributed by atoms with Crippen LogP contribution in [0.1, 0.15) is 24.3 Å². The molecule has 0 atom stereocenters. The zero-order valence-corrected chi connectivity index (χ0v) is 18.5. The number of amides is 1. The van der Waals surface area contributed by atoms with Crippen molar-refractivity contribution in [3.05, 3.63) is 54.2 Å². The molecule has 0 aliphatic carbocycles. The zero-order valence-electron chi connectivity index (χ0n) is 17.7. The van der Waals surface area contributed by atoms with Gasteiger partial charge in [0.2, 0.25) is 5.91 Å². The van der Waals surface area contributed by atoms with Crippen LogP contribution in [-0.4, -0.2) is 57.2 Å². The van der Waals surface area contributed by atoms with Crippen molar-refractivity contribution in [1.82, 2.24) is 9.88 Å². The molecule has 4 rings (SSSR count). The maximum absolute atomic E-state index is 12.4.